The first kappa shape index (κ1) is 23.5. The van der Waals surface area contributed by atoms with Gasteiger partial charge < -0.3 is 19.4 Å². The van der Waals surface area contributed by atoms with Crippen LogP contribution in [0.1, 0.15) is 10.4 Å². The third-order valence-corrected chi connectivity index (χ3v) is 5.00. The minimum absolute atomic E-state index is 0.150. The summed E-state index contributed by atoms with van der Waals surface area (Å²) >= 11 is 0. The summed E-state index contributed by atoms with van der Waals surface area (Å²) in [6.45, 7) is 0. The third kappa shape index (κ3) is 4.83. The second-order valence-electron chi connectivity index (χ2n) is 7.22. The Morgan fingerprint density at radius 2 is 1.94 bits per heavy atom. The largest absolute Gasteiger partial charge is 0.573 e. The molecule has 4 rings (SSSR count). The van der Waals surface area contributed by atoms with E-state index in [1.807, 2.05) is 42.1 Å². The maximum atomic E-state index is 13.0. The molecule has 0 aliphatic carbocycles. The number of halogens is 3. The summed E-state index contributed by atoms with van der Waals surface area (Å²) in [5.41, 5.74) is 0.152. The van der Waals surface area contributed by atoms with Gasteiger partial charge in [-0.2, -0.15) is 0 Å². The van der Waals surface area contributed by atoms with Gasteiger partial charge in [-0.05, 0) is 12.1 Å². The van der Waals surface area contributed by atoms with Crippen molar-refractivity contribution >= 4 is 34.2 Å². The quantitative estimate of drug-likeness (QED) is 0.230. The number of methoxy groups -OCH3 is 1. The smallest absolute Gasteiger partial charge is 0.465 e. The van der Waals surface area contributed by atoms with E-state index in [2.05, 4.69) is 24.8 Å². The number of hydrogen-bond acceptors (Lipinski definition) is 8. The van der Waals surface area contributed by atoms with Gasteiger partial charge in [-0.1, -0.05) is 18.2 Å². The van der Waals surface area contributed by atoms with Gasteiger partial charge in [0.25, 0.3) is 5.69 Å². The van der Waals surface area contributed by atoms with E-state index in [0.29, 0.717) is 11.8 Å². The minimum Gasteiger partial charge on any atom is -0.465 e. The Labute approximate surface area is 195 Å². The molecule has 180 valence electrons. The number of nitrogens with zero attached hydrogens (tertiary/aromatic N) is 4. The molecule has 0 spiro atoms. The highest BCUT2D eigenvalue weighted by Gasteiger charge is 2.34. The summed E-state index contributed by atoms with van der Waals surface area (Å²) in [5, 5.41) is 14.9. The lowest BCUT2D eigenvalue weighted by Crippen LogP contribution is -2.19. The Bertz CT molecular complexity index is 1450. The molecule has 0 bridgehead atoms. The number of esters is 1. The van der Waals surface area contributed by atoms with Crippen LogP contribution in [-0.4, -0.2) is 38.9 Å². The van der Waals surface area contributed by atoms with Crippen LogP contribution in [0, 0.1) is 10.1 Å². The number of rotatable bonds is 6. The summed E-state index contributed by atoms with van der Waals surface area (Å²) in [6.07, 6.45) is -1.93. The zero-order chi connectivity index (χ0) is 25.3. The van der Waals surface area contributed by atoms with Crippen LogP contribution in [0.4, 0.5) is 30.5 Å². The van der Waals surface area contributed by atoms with Crippen molar-refractivity contribution in [3.63, 3.8) is 0 Å². The number of carbonyl (C=O) groups excluding carboxylic acids is 1. The Morgan fingerprint density at radius 3 is 2.63 bits per heavy atom. The average molecular weight is 487 g/mol. The molecule has 0 atom stereocenters. The van der Waals surface area contributed by atoms with Gasteiger partial charge in [-0.3, -0.25) is 10.1 Å². The monoisotopic (exact) mass is 487 g/mol. The number of nitro benzene ring substituents is 1. The number of nitro groups is 1. The molecule has 0 unspecified atom stereocenters. The van der Waals surface area contributed by atoms with E-state index < -0.39 is 39.9 Å². The van der Waals surface area contributed by atoms with Crippen LogP contribution in [0.15, 0.2) is 54.9 Å². The number of aromatic nitrogens is 3. The summed E-state index contributed by atoms with van der Waals surface area (Å²) in [5.74, 6) is -2.25. The predicted molar refractivity (Wildman–Crippen MR) is 118 cm³/mol. The second-order valence-corrected chi connectivity index (χ2v) is 7.22. The van der Waals surface area contributed by atoms with E-state index in [4.69, 9.17) is 0 Å². The standard InChI is InChI=1S/C22H16F3N5O5/c1-29-11-14(12-5-3-4-6-17(12)29)15-7-8-26-21(27-15)28-16-10-18(30(32)33)13(20(31)34-2)9-19(16)35-22(23,24)25/h3-11H,1-2H3,(H,26,27,28). The highest BCUT2D eigenvalue weighted by molar-refractivity contribution is 5.96. The van der Waals surface area contributed by atoms with Crippen molar-refractivity contribution in [3.05, 3.63) is 70.5 Å². The molecule has 35 heavy (non-hydrogen) atoms. The Balaban J connectivity index is 1.80. The molecule has 0 fully saturated rings. The van der Waals surface area contributed by atoms with E-state index in [9.17, 15) is 28.1 Å². The van der Waals surface area contributed by atoms with E-state index in [-0.39, 0.29) is 5.95 Å². The number of hydrogen-bond donors (Lipinski definition) is 1. The number of ether oxygens (including phenoxy) is 2. The molecule has 4 aromatic rings. The number of alkyl halides is 3. The molecule has 0 saturated carbocycles. The maximum absolute atomic E-state index is 13.0. The van der Waals surface area contributed by atoms with Gasteiger partial charge in [0.15, 0.2) is 5.75 Å². The fourth-order valence-electron chi connectivity index (χ4n) is 3.53. The van der Waals surface area contributed by atoms with Crippen LogP contribution in [0.3, 0.4) is 0 Å². The number of aryl methyl sites for hydroxylation is 1. The summed E-state index contributed by atoms with van der Waals surface area (Å²) < 4.78 is 49.4. The first-order valence-corrected chi connectivity index (χ1v) is 9.88. The Kier molecular flexibility index (Phi) is 5.99. The highest BCUT2D eigenvalue weighted by atomic mass is 19.4. The third-order valence-electron chi connectivity index (χ3n) is 5.00. The van der Waals surface area contributed by atoms with Crippen LogP contribution in [0.2, 0.25) is 0 Å². The van der Waals surface area contributed by atoms with Gasteiger partial charge in [-0.25, -0.2) is 14.8 Å². The summed E-state index contributed by atoms with van der Waals surface area (Å²) in [7, 11) is 2.80. The predicted octanol–water partition coefficient (Wildman–Crippen LogP) is 4.97. The molecule has 0 radical (unpaired) electrons. The van der Waals surface area contributed by atoms with E-state index >= 15 is 0 Å². The molecule has 1 N–H and O–H groups in total. The normalized spacial score (nSPS) is 11.3. The second kappa shape index (κ2) is 8.93. The Morgan fingerprint density at radius 1 is 1.20 bits per heavy atom. The van der Waals surface area contributed by atoms with Gasteiger partial charge in [0, 0.05) is 48.0 Å². The van der Waals surface area contributed by atoms with Gasteiger partial charge in [0.2, 0.25) is 5.95 Å². The lowest BCUT2D eigenvalue weighted by atomic mass is 10.1. The van der Waals surface area contributed by atoms with Gasteiger partial charge in [0.1, 0.15) is 5.56 Å². The van der Waals surface area contributed by atoms with Crippen LogP contribution in [0.5, 0.6) is 5.75 Å². The van der Waals surface area contributed by atoms with Crippen molar-refractivity contribution < 1.29 is 32.4 Å². The molecular formula is C22H16F3N5O5. The van der Waals surface area contributed by atoms with Crippen LogP contribution in [0.25, 0.3) is 22.2 Å². The number of anilines is 2. The molecule has 0 amide bonds. The molecule has 2 heterocycles. The average Bonchev–Trinajstić information content (AvgIpc) is 3.15. The van der Waals surface area contributed by atoms with E-state index in [1.165, 1.54) is 6.20 Å². The van der Waals surface area contributed by atoms with Crippen molar-refractivity contribution in [2.24, 2.45) is 7.05 Å². The topological polar surface area (TPSA) is 121 Å². The Hall–Kier alpha value is -4.68. The van der Waals surface area contributed by atoms with Gasteiger partial charge in [-0.15, -0.1) is 13.2 Å². The van der Waals surface area contributed by atoms with Gasteiger partial charge in [0.05, 0.1) is 23.4 Å². The molecular weight excluding hydrogens is 471 g/mol. The minimum atomic E-state index is -5.15. The van der Waals surface area contributed by atoms with Crippen LogP contribution in [-0.2, 0) is 11.8 Å². The van der Waals surface area contributed by atoms with Gasteiger partial charge >= 0.3 is 12.3 Å². The number of carbonyl (C=O) groups is 1. The molecule has 2 aromatic carbocycles. The number of nitrogens with one attached hydrogen (secondary N) is 1. The van der Waals surface area contributed by atoms with E-state index in [0.717, 1.165) is 29.6 Å². The van der Waals surface area contributed by atoms with Crippen LogP contribution < -0.4 is 10.1 Å². The highest BCUT2D eigenvalue weighted by Crippen LogP contribution is 2.38. The van der Waals surface area contributed by atoms with Crippen molar-refractivity contribution in [2.75, 3.05) is 12.4 Å². The molecule has 2 aromatic heterocycles. The van der Waals surface area contributed by atoms with Crippen molar-refractivity contribution in [1.29, 1.82) is 0 Å². The first-order valence-electron chi connectivity index (χ1n) is 9.88. The molecule has 13 heteroatoms. The van der Waals surface area contributed by atoms with Crippen LogP contribution >= 0.6 is 0 Å². The fourth-order valence-corrected chi connectivity index (χ4v) is 3.53. The molecule has 0 aliphatic heterocycles. The maximum Gasteiger partial charge on any atom is 0.573 e. The van der Waals surface area contributed by atoms with Crippen molar-refractivity contribution in [2.45, 2.75) is 6.36 Å². The molecule has 0 aliphatic rings. The summed E-state index contributed by atoms with van der Waals surface area (Å²) in [4.78, 5) is 30.8. The number of para-hydroxylation sites is 1. The molecule has 0 saturated heterocycles. The van der Waals surface area contributed by atoms with Crippen molar-refractivity contribution in [1.82, 2.24) is 14.5 Å². The number of fused-ring (bicyclic) bond motifs is 1. The SMILES string of the molecule is COC(=O)c1cc(OC(F)(F)F)c(Nc2nccc(-c3cn(C)c4ccccc34)n2)cc1[N+](=O)[O-]. The van der Waals surface area contributed by atoms with E-state index in [1.54, 1.807) is 6.07 Å². The lowest BCUT2D eigenvalue weighted by molar-refractivity contribution is -0.385. The lowest BCUT2D eigenvalue weighted by Gasteiger charge is -2.15. The fraction of sp³-hybridized carbons (Fsp3) is 0.136. The summed E-state index contributed by atoms with van der Waals surface area (Å²) in [6, 6.07) is 10.5. The zero-order valence-electron chi connectivity index (χ0n) is 18.2. The first-order chi connectivity index (χ1) is 16.6. The number of benzene rings is 2. The zero-order valence-corrected chi connectivity index (χ0v) is 18.2. The van der Waals surface area contributed by atoms with Crippen molar-refractivity contribution in [3.8, 4) is 17.0 Å². The molecule has 10 nitrogen and oxygen atoms in total.